The van der Waals surface area contributed by atoms with E-state index in [1.165, 1.54) is 24.1 Å². The molecule has 0 aromatic heterocycles. The number of hydrogen-bond acceptors (Lipinski definition) is 3. The van der Waals surface area contributed by atoms with Crippen molar-refractivity contribution in [1.29, 1.82) is 5.41 Å². The number of benzene rings is 1. The third kappa shape index (κ3) is 4.37. The van der Waals surface area contributed by atoms with Crippen molar-refractivity contribution in [2.75, 3.05) is 5.32 Å². The lowest BCUT2D eigenvalue weighted by atomic mass is 10.1. The molecular formula is C16H23N3O. The van der Waals surface area contributed by atoms with Crippen LogP contribution >= 0.6 is 0 Å². The van der Waals surface area contributed by atoms with Gasteiger partial charge in [-0.05, 0) is 55.9 Å². The van der Waals surface area contributed by atoms with E-state index >= 15 is 0 Å². The molecule has 2 aliphatic carbocycles. The van der Waals surface area contributed by atoms with Crippen molar-refractivity contribution in [2.45, 2.75) is 45.1 Å². The van der Waals surface area contributed by atoms with Crippen LogP contribution in [0.4, 0.5) is 5.69 Å². The fourth-order valence-corrected chi connectivity index (χ4v) is 1.96. The Kier molecular flexibility index (Phi) is 4.77. The zero-order valence-corrected chi connectivity index (χ0v) is 12.0. The van der Waals surface area contributed by atoms with Crippen molar-refractivity contribution in [2.24, 2.45) is 11.7 Å². The summed E-state index contributed by atoms with van der Waals surface area (Å²) in [5.41, 5.74) is 8.28. The minimum atomic E-state index is 0.370. The lowest BCUT2D eigenvalue weighted by Crippen LogP contribution is -2.10. The van der Waals surface area contributed by atoms with Gasteiger partial charge in [0.25, 0.3) is 0 Å². The molecule has 108 valence electrons. The molecule has 4 nitrogen and oxygen atoms in total. The number of hydrogen-bond donors (Lipinski definition) is 3. The van der Waals surface area contributed by atoms with Crippen LogP contribution in [0.5, 0.6) is 0 Å². The third-order valence-electron chi connectivity index (χ3n) is 3.60. The summed E-state index contributed by atoms with van der Waals surface area (Å²) in [7, 11) is 0. The molecule has 0 bridgehead atoms. The Morgan fingerprint density at radius 3 is 2.50 bits per heavy atom. The minimum Gasteiger partial charge on any atom is -0.387 e. The molecule has 0 amide bonds. The van der Waals surface area contributed by atoms with Crippen molar-refractivity contribution in [3.05, 3.63) is 29.3 Å². The molecule has 0 aliphatic heterocycles. The van der Waals surface area contributed by atoms with Crippen LogP contribution in [0.25, 0.3) is 0 Å². The van der Waals surface area contributed by atoms with Crippen molar-refractivity contribution >= 4 is 17.8 Å². The molecule has 0 heterocycles. The maximum Gasteiger partial charge on any atom is 0.150 e. The number of carbonyl (C=O) groups excluding carboxylic acids is 1. The summed E-state index contributed by atoms with van der Waals surface area (Å²) in [6, 6.07) is 6.53. The minimum absolute atomic E-state index is 0.370. The monoisotopic (exact) mass is 273 g/mol. The van der Waals surface area contributed by atoms with Gasteiger partial charge < -0.3 is 11.1 Å². The van der Waals surface area contributed by atoms with E-state index in [0.29, 0.717) is 17.8 Å². The Morgan fingerprint density at radius 2 is 2.10 bits per heavy atom. The first kappa shape index (κ1) is 14.6. The first-order valence-electron chi connectivity index (χ1n) is 7.32. The van der Waals surface area contributed by atoms with Crippen molar-refractivity contribution < 1.29 is 4.79 Å². The van der Waals surface area contributed by atoms with Gasteiger partial charge in [0.05, 0.1) is 5.84 Å². The Labute approximate surface area is 120 Å². The van der Waals surface area contributed by atoms with E-state index in [-0.39, 0.29) is 0 Å². The quantitative estimate of drug-likeness (QED) is 0.438. The zero-order valence-electron chi connectivity index (χ0n) is 12.0. The summed E-state index contributed by atoms with van der Waals surface area (Å²) >= 11 is 0. The Bertz CT molecular complexity index is 490. The maximum absolute atomic E-state index is 10.6. The lowest BCUT2D eigenvalue weighted by molar-refractivity contribution is 0.112. The number of aldehydes is 1. The summed E-state index contributed by atoms with van der Waals surface area (Å²) in [4.78, 5) is 10.6. The summed E-state index contributed by atoms with van der Waals surface area (Å²) in [5.74, 6) is 0.833. The van der Waals surface area contributed by atoms with E-state index < -0.39 is 0 Å². The molecule has 2 fully saturated rings. The highest BCUT2D eigenvalue weighted by atomic mass is 16.1. The highest BCUT2D eigenvalue weighted by Gasteiger charge is 2.23. The molecule has 0 radical (unpaired) electrons. The summed E-state index contributed by atoms with van der Waals surface area (Å²) < 4.78 is 0. The van der Waals surface area contributed by atoms with E-state index in [1.54, 1.807) is 0 Å². The van der Waals surface area contributed by atoms with Gasteiger partial charge in [-0.1, -0.05) is 6.92 Å². The van der Waals surface area contributed by atoms with E-state index in [9.17, 15) is 4.79 Å². The fourth-order valence-electron chi connectivity index (χ4n) is 1.96. The van der Waals surface area contributed by atoms with E-state index in [2.05, 4.69) is 12.2 Å². The summed E-state index contributed by atoms with van der Waals surface area (Å²) in [6.45, 7) is 2.11. The second-order valence-electron chi connectivity index (χ2n) is 5.54. The van der Waals surface area contributed by atoms with Crippen LogP contribution in [0.1, 0.15) is 48.5 Å². The zero-order chi connectivity index (χ0) is 14.5. The molecular weight excluding hydrogens is 250 g/mol. The van der Waals surface area contributed by atoms with Crippen LogP contribution in [0.15, 0.2) is 18.2 Å². The first-order valence-corrected chi connectivity index (χ1v) is 7.32. The van der Waals surface area contributed by atoms with Crippen LogP contribution in [0, 0.1) is 11.3 Å². The van der Waals surface area contributed by atoms with Gasteiger partial charge in [0, 0.05) is 23.2 Å². The molecule has 2 saturated carbocycles. The van der Waals surface area contributed by atoms with Gasteiger partial charge in [0.2, 0.25) is 0 Å². The van der Waals surface area contributed by atoms with Gasteiger partial charge in [-0.2, -0.15) is 0 Å². The number of amidine groups is 1. The number of rotatable bonds is 5. The number of aryl methyl sites for hydroxylation is 1. The van der Waals surface area contributed by atoms with Gasteiger partial charge >= 0.3 is 0 Å². The summed E-state index contributed by atoms with van der Waals surface area (Å²) in [5, 5.41) is 10.3. The van der Waals surface area contributed by atoms with Gasteiger partial charge in [-0.3, -0.25) is 10.2 Å². The van der Waals surface area contributed by atoms with Crippen LogP contribution in [-0.2, 0) is 6.42 Å². The highest BCUT2D eigenvalue weighted by Crippen LogP contribution is 2.28. The molecule has 1 aromatic carbocycles. The predicted octanol–water partition coefficient (Wildman–Crippen LogP) is 2.97. The average Bonchev–Trinajstić information content (AvgIpc) is 3.31. The van der Waals surface area contributed by atoms with Crippen LogP contribution < -0.4 is 11.1 Å². The second-order valence-corrected chi connectivity index (χ2v) is 5.54. The Hall–Kier alpha value is -1.84. The smallest absolute Gasteiger partial charge is 0.150 e. The molecule has 0 spiro atoms. The van der Waals surface area contributed by atoms with Crippen LogP contribution in [0.3, 0.4) is 0 Å². The van der Waals surface area contributed by atoms with Gasteiger partial charge in [0.15, 0.2) is 0 Å². The molecule has 0 saturated heterocycles. The van der Waals surface area contributed by atoms with Crippen molar-refractivity contribution in [3.63, 3.8) is 0 Å². The molecule has 20 heavy (non-hydrogen) atoms. The van der Waals surface area contributed by atoms with E-state index in [4.69, 9.17) is 11.1 Å². The largest absolute Gasteiger partial charge is 0.387 e. The standard InChI is InChI=1S/C12H15NO.C4H8N2/c1-2-10-7-9(8-14)3-6-12(10)13-11-4-5-11;5-4(6)3-1-2-3/h3,6-8,11,13H,2,4-5H2,1H3;3H,1-2H2,(H3,5,6). The lowest BCUT2D eigenvalue weighted by Gasteiger charge is -2.10. The molecule has 0 atom stereocenters. The van der Waals surface area contributed by atoms with Crippen LogP contribution in [-0.4, -0.2) is 18.2 Å². The Morgan fingerprint density at radius 1 is 1.40 bits per heavy atom. The SMILES string of the molecule is CCc1cc(C=O)ccc1NC1CC1.N=C(N)C1CC1. The van der Waals surface area contributed by atoms with Gasteiger partial charge in [0.1, 0.15) is 6.29 Å². The van der Waals surface area contributed by atoms with Crippen molar-refractivity contribution in [1.82, 2.24) is 0 Å². The number of nitrogens with two attached hydrogens (primary N) is 1. The van der Waals surface area contributed by atoms with E-state index in [1.807, 2.05) is 18.2 Å². The molecule has 2 aliphatic rings. The van der Waals surface area contributed by atoms with E-state index in [0.717, 1.165) is 31.1 Å². The highest BCUT2D eigenvalue weighted by molar-refractivity contribution is 5.81. The predicted molar refractivity (Wildman–Crippen MR) is 82.5 cm³/mol. The normalized spacial score (nSPS) is 16.9. The van der Waals surface area contributed by atoms with Crippen molar-refractivity contribution in [3.8, 4) is 0 Å². The third-order valence-corrected chi connectivity index (χ3v) is 3.60. The maximum atomic E-state index is 10.6. The van der Waals surface area contributed by atoms with Gasteiger partial charge in [-0.25, -0.2) is 0 Å². The number of anilines is 1. The number of carbonyl (C=O) groups is 1. The van der Waals surface area contributed by atoms with Gasteiger partial charge in [-0.15, -0.1) is 0 Å². The molecule has 4 N–H and O–H groups in total. The topological polar surface area (TPSA) is 79.0 Å². The summed E-state index contributed by atoms with van der Waals surface area (Å²) in [6.07, 6.45) is 6.72. The number of nitrogens with one attached hydrogen (secondary N) is 2. The second kappa shape index (κ2) is 6.55. The molecule has 4 heteroatoms. The molecule has 0 unspecified atom stereocenters. The first-order chi connectivity index (χ1) is 9.63. The van der Waals surface area contributed by atoms with Crippen LogP contribution in [0.2, 0.25) is 0 Å². The fraction of sp³-hybridized carbons (Fsp3) is 0.500. The molecule has 3 rings (SSSR count). The molecule has 1 aromatic rings. The average molecular weight is 273 g/mol. The Balaban J connectivity index is 0.000000205.